The molecule has 0 aromatic carbocycles. The van der Waals surface area contributed by atoms with Gasteiger partial charge in [-0.2, -0.15) is 0 Å². The van der Waals surface area contributed by atoms with Crippen LogP contribution in [0.4, 0.5) is 0 Å². The van der Waals surface area contributed by atoms with Gasteiger partial charge >= 0.3 is 0 Å². The lowest BCUT2D eigenvalue weighted by atomic mass is 9.92. The number of nitrogens with zero attached hydrogens (tertiary/aromatic N) is 1. The number of amides is 1. The second-order valence-electron chi connectivity index (χ2n) is 6.42. The zero-order chi connectivity index (χ0) is 15.9. The first-order valence-electron chi connectivity index (χ1n) is 7.70. The maximum Gasteiger partial charge on any atom is 0.227 e. The fraction of sp³-hybridized carbons (Fsp3) is 0.867. The van der Waals surface area contributed by atoms with E-state index in [1.165, 1.54) is 0 Å². The summed E-state index contributed by atoms with van der Waals surface area (Å²) in [5.41, 5.74) is -0.603. The fourth-order valence-electron chi connectivity index (χ4n) is 2.25. The minimum atomic E-state index is -0.485. The topological polar surface area (TPSA) is 74.8 Å². The lowest BCUT2D eigenvalue weighted by Crippen LogP contribution is -2.50. The molecule has 21 heavy (non-hydrogen) atoms. The standard InChI is InChI=1S/C15H30N4O2/c1-6-17-12(20)14(2,3)10-18-13(16-5)19-11-15(4)8-7-9-21-15/h6-11H2,1-5H3,(H,17,20)(H2,16,18,19). The second kappa shape index (κ2) is 7.64. The number of rotatable bonds is 6. The Kier molecular flexibility index (Phi) is 6.45. The average molecular weight is 298 g/mol. The van der Waals surface area contributed by atoms with Crippen LogP contribution in [-0.4, -0.2) is 50.8 Å². The Labute approximate surface area is 128 Å². The zero-order valence-corrected chi connectivity index (χ0v) is 14.0. The smallest absolute Gasteiger partial charge is 0.227 e. The molecule has 0 aliphatic carbocycles. The summed E-state index contributed by atoms with van der Waals surface area (Å²) in [7, 11) is 1.73. The minimum Gasteiger partial charge on any atom is -0.373 e. The summed E-state index contributed by atoms with van der Waals surface area (Å²) in [5, 5.41) is 9.34. The van der Waals surface area contributed by atoms with Crippen LogP contribution in [0, 0.1) is 5.41 Å². The van der Waals surface area contributed by atoms with E-state index >= 15 is 0 Å². The van der Waals surface area contributed by atoms with Gasteiger partial charge in [-0.15, -0.1) is 0 Å². The summed E-state index contributed by atoms with van der Waals surface area (Å²) in [6, 6.07) is 0. The first kappa shape index (κ1) is 17.8. The highest BCUT2D eigenvalue weighted by Gasteiger charge is 2.30. The fourth-order valence-corrected chi connectivity index (χ4v) is 2.25. The molecule has 6 heteroatoms. The van der Waals surface area contributed by atoms with Gasteiger partial charge in [0.25, 0.3) is 0 Å². The van der Waals surface area contributed by atoms with Crippen LogP contribution in [0.1, 0.15) is 40.5 Å². The molecule has 0 saturated carbocycles. The first-order valence-corrected chi connectivity index (χ1v) is 7.70. The van der Waals surface area contributed by atoms with Crippen molar-refractivity contribution in [1.82, 2.24) is 16.0 Å². The molecule has 6 nitrogen and oxygen atoms in total. The van der Waals surface area contributed by atoms with E-state index in [0.717, 1.165) is 19.4 Å². The van der Waals surface area contributed by atoms with Gasteiger partial charge in [0, 0.05) is 33.3 Å². The number of ether oxygens (including phenoxy) is 1. The quantitative estimate of drug-likeness (QED) is 0.503. The van der Waals surface area contributed by atoms with E-state index in [4.69, 9.17) is 4.74 Å². The summed E-state index contributed by atoms with van der Waals surface area (Å²) < 4.78 is 5.74. The van der Waals surface area contributed by atoms with Crippen LogP contribution in [0.25, 0.3) is 0 Å². The lowest BCUT2D eigenvalue weighted by molar-refractivity contribution is -0.128. The summed E-state index contributed by atoms with van der Waals surface area (Å²) in [5.74, 6) is 0.739. The molecule has 0 aromatic heterocycles. The molecule has 3 N–H and O–H groups in total. The molecule has 122 valence electrons. The maximum atomic E-state index is 12.0. The maximum absolute atomic E-state index is 12.0. The Morgan fingerprint density at radius 1 is 1.33 bits per heavy atom. The van der Waals surface area contributed by atoms with Crippen LogP contribution in [0.2, 0.25) is 0 Å². The van der Waals surface area contributed by atoms with Crippen molar-refractivity contribution in [3.8, 4) is 0 Å². The second-order valence-corrected chi connectivity index (χ2v) is 6.42. The van der Waals surface area contributed by atoms with Crippen LogP contribution in [0.15, 0.2) is 4.99 Å². The Hall–Kier alpha value is -1.30. The van der Waals surface area contributed by atoms with Crippen LogP contribution in [0.5, 0.6) is 0 Å². The minimum absolute atomic E-state index is 0.0408. The Morgan fingerprint density at radius 2 is 2.05 bits per heavy atom. The average Bonchev–Trinajstić information content (AvgIpc) is 2.86. The van der Waals surface area contributed by atoms with E-state index < -0.39 is 5.41 Å². The van der Waals surface area contributed by atoms with Crippen LogP contribution >= 0.6 is 0 Å². The summed E-state index contributed by atoms with van der Waals surface area (Å²) in [4.78, 5) is 16.1. The van der Waals surface area contributed by atoms with E-state index in [1.54, 1.807) is 7.05 Å². The van der Waals surface area contributed by atoms with Gasteiger partial charge in [0.2, 0.25) is 5.91 Å². The Morgan fingerprint density at radius 3 is 2.57 bits per heavy atom. The molecule has 0 spiro atoms. The van der Waals surface area contributed by atoms with Gasteiger partial charge in [0.05, 0.1) is 11.0 Å². The van der Waals surface area contributed by atoms with Gasteiger partial charge in [-0.25, -0.2) is 0 Å². The van der Waals surface area contributed by atoms with Gasteiger partial charge in [-0.1, -0.05) is 0 Å². The molecule has 1 unspecified atom stereocenters. The van der Waals surface area contributed by atoms with Crippen molar-refractivity contribution in [3.05, 3.63) is 0 Å². The summed E-state index contributed by atoms with van der Waals surface area (Å²) >= 11 is 0. The number of carbonyl (C=O) groups is 1. The number of nitrogens with one attached hydrogen (secondary N) is 3. The SMILES string of the molecule is CCNC(=O)C(C)(C)CNC(=NC)NCC1(C)CCCO1. The van der Waals surface area contributed by atoms with Crippen molar-refractivity contribution < 1.29 is 9.53 Å². The van der Waals surface area contributed by atoms with Gasteiger partial charge in [-0.3, -0.25) is 9.79 Å². The third-order valence-electron chi connectivity index (χ3n) is 3.80. The van der Waals surface area contributed by atoms with Gasteiger partial charge in [0.15, 0.2) is 5.96 Å². The molecule has 1 heterocycles. The molecule has 1 rings (SSSR count). The van der Waals surface area contributed by atoms with Crippen LogP contribution in [0.3, 0.4) is 0 Å². The lowest BCUT2D eigenvalue weighted by Gasteiger charge is -2.27. The monoisotopic (exact) mass is 298 g/mol. The highest BCUT2D eigenvalue weighted by atomic mass is 16.5. The van der Waals surface area contributed by atoms with Crippen molar-refractivity contribution in [2.24, 2.45) is 10.4 Å². The van der Waals surface area contributed by atoms with Crippen molar-refractivity contribution in [1.29, 1.82) is 0 Å². The predicted molar refractivity (Wildman–Crippen MR) is 85.4 cm³/mol. The first-order chi connectivity index (χ1) is 9.83. The van der Waals surface area contributed by atoms with Gasteiger partial charge in [-0.05, 0) is 40.5 Å². The molecule has 1 fully saturated rings. The van der Waals surface area contributed by atoms with Crippen molar-refractivity contribution in [2.45, 2.75) is 46.1 Å². The highest BCUT2D eigenvalue weighted by Crippen LogP contribution is 2.23. The molecule has 0 bridgehead atoms. The van der Waals surface area contributed by atoms with Crippen molar-refractivity contribution in [2.75, 3.05) is 33.3 Å². The van der Waals surface area contributed by atoms with Crippen molar-refractivity contribution in [3.63, 3.8) is 0 Å². The highest BCUT2D eigenvalue weighted by molar-refractivity contribution is 5.84. The summed E-state index contributed by atoms with van der Waals surface area (Å²) in [6.07, 6.45) is 2.16. The molecular weight excluding hydrogens is 268 g/mol. The van der Waals surface area contributed by atoms with Crippen LogP contribution < -0.4 is 16.0 Å². The number of guanidine groups is 1. The van der Waals surface area contributed by atoms with E-state index in [1.807, 2.05) is 20.8 Å². The number of hydrogen-bond donors (Lipinski definition) is 3. The molecular formula is C15H30N4O2. The Bertz CT molecular complexity index is 374. The normalized spacial score (nSPS) is 23.0. The zero-order valence-electron chi connectivity index (χ0n) is 14.0. The van der Waals surface area contributed by atoms with E-state index in [-0.39, 0.29) is 11.5 Å². The van der Waals surface area contributed by atoms with E-state index in [0.29, 0.717) is 25.6 Å². The molecule has 1 aliphatic heterocycles. The molecule has 0 aromatic rings. The Balaban J connectivity index is 2.42. The molecule has 1 atom stereocenters. The van der Waals surface area contributed by atoms with Crippen molar-refractivity contribution >= 4 is 11.9 Å². The molecule has 1 saturated heterocycles. The number of hydrogen-bond acceptors (Lipinski definition) is 3. The van der Waals surface area contributed by atoms with Gasteiger partial charge in [0.1, 0.15) is 0 Å². The predicted octanol–water partition coefficient (Wildman–Crippen LogP) is 0.883. The number of aliphatic imine (C=N–C) groups is 1. The summed E-state index contributed by atoms with van der Waals surface area (Å²) in [6.45, 7) is 10.6. The third kappa shape index (κ3) is 5.53. The molecule has 1 amide bonds. The van der Waals surface area contributed by atoms with E-state index in [2.05, 4.69) is 27.9 Å². The largest absolute Gasteiger partial charge is 0.373 e. The third-order valence-corrected chi connectivity index (χ3v) is 3.80. The number of carbonyl (C=O) groups excluding carboxylic acids is 1. The van der Waals surface area contributed by atoms with Gasteiger partial charge < -0.3 is 20.7 Å². The molecule has 1 aliphatic rings. The van der Waals surface area contributed by atoms with Crippen LogP contribution in [-0.2, 0) is 9.53 Å². The van der Waals surface area contributed by atoms with E-state index in [9.17, 15) is 4.79 Å². The molecule has 0 radical (unpaired) electrons.